The third-order valence-corrected chi connectivity index (χ3v) is 5.38. The van der Waals surface area contributed by atoms with Gasteiger partial charge in [-0.2, -0.15) is 9.50 Å². The van der Waals surface area contributed by atoms with Crippen molar-refractivity contribution in [1.82, 2.24) is 19.6 Å². The Morgan fingerprint density at radius 2 is 1.48 bits per heavy atom. The summed E-state index contributed by atoms with van der Waals surface area (Å²) in [6.45, 7) is 0. The highest BCUT2D eigenvalue weighted by molar-refractivity contribution is 7.15. The molecule has 7 heteroatoms. The van der Waals surface area contributed by atoms with Crippen LogP contribution in [0.15, 0.2) is 90.0 Å². The van der Waals surface area contributed by atoms with Crippen molar-refractivity contribution in [3.8, 4) is 11.4 Å². The minimum atomic E-state index is -0.185. The average molecular weight is 397 g/mol. The number of aromatic nitrogens is 4. The number of nitrogens with zero attached hydrogens (tertiary/aromatic N) is 5. The molecule has 5 aromatic rings. The second-order valence-corrected chi connectivity index (χ2v) is 7.32. The van der Waals surface area contributed by atoms with Gasteiger partial charge in [-0.25, -0.2) is 0 Å². The third-order valence-electron chi connectivity index (χ3n) is 4.44. The quantitative estimate of drug-likeness (QED) is 0.464. The van der Waals surface area contributed by atoms with E-state index in [-0.39, 0.29) is 5.56 Å². The number of hydrogen-bond acceptors (Lipinski definition) is 6. The van der Waals surface area contributed by atoms with E-state index in [2.05, 4.69) is 15.1 Å². The molecular weight excluding hydrogens is 382 g/mol. The van der Waals surface area contributed by atoms with Crippen LogP contribution in [0.5, 0.6) is 0 Å². The molecule has 3 heterocycles. The lowest BCUT2D eigenvalue weighted by Crippen LogP contribution is -2.27. The van der Waals surface area contributed by atoms with Crippen LogP contribution >= 0.6 is 11.3 Å². The molecule has 29 heavy (non-hydrogen) atoms. The van der Waals surface area contributed by atoms with E-state index in [9.17, 15) is 4.79 Å². The van der Waals surface area contributed by atoms with Crippen molar-refractivity contribution in [2.75, 3.05) is 4.90 Å². The van der Waals surface area contributed by atoms with E-state index in [1.807, 2.05) is 83.9 Å². The standard InChI is InChI=1S/C22H15N5OS/c28-21-19(29-22-24-20(25-27(21)22)16-11-13-23-14-12-16)15-26(17-7-3-1-4-8-17)18-9-5-2-6-10-18/h1-15H/b19-15-. The van der Waals surface area contributed by atoms with Gasteiger partial charge in [0.05, 0.1) is 0 Å². The number of anilines is 2. The lowest BCUT2D eigenvalue weighted by atomic mass is 10.2. The van der Waals surface area contributed by atoms with Gasteiger partial charge < -0.3 is 4.90 Å². The predicted molar refractivity (Wildman–Crippen MR) is 115 cm³/mol. The molecule has 0 aliphatic carbocycles. The molecule has 0 fully saturated rings. The molecule has 5 rings (SSSR count). The van der Waals surface area contributed by atoms with Gasteiger partial charge in [-0.05, 0) is 36.4 Å². The zero-order chi connectivity index (χ0) is 19.6. The molecule has 0 N–H and O–H groups in total. The fourth-order valence-electron chi connectivity index (χ4n) is 3.04. The summed E-state index contributed by atoms with van der Waals surface area (Å²) in [5.74, 6) is 0.519. The predicted octanol–water partition coefficient (Wildman–Crippen LogP) is 3.51. The van der Waals surface area contributed by atoms with E-state index in [0.717, 1.165) is 16.9 Å². The van der Waals surface area contributed by atoms with Crippen molar-refractivity contribution in [1.29, 1.82) is 0 Å². The van der Waals surface area contributed by atoms with Gasteiger partial charge in [-0.3, -0.25) is 9.78 Å². The summed E-state index contributed by atoms with van der Waals surface area (Å²) in [6.07, 6.45) is 5.21. The van der Waals surface area contributed by atoms with Gasteiger partial charge in [-0.1, -0.05) is 47.7 Å². The molecule has 0 bridgehead atoms. The van der Waals surface area contributed by atoms with Gasteiger partial charge in [0.1, 0.15) is 4.53 Å². The van der Waals surface area contributed by atoms with Gasteiger partial charge in [0.15, 0.2) is 5.82 Å². The summed E-state index contributed by atoms with van der Waals surface area (Å²) < 4.78 is 1.93. The molecule has 3 aromatic heterocycles. The second-order valence-electron chi connectivity index (χ2n) is 6.31. The van der Waals surface area contributed by atoms with Crippen LogP contribution in [0.2, 0.25) is 0 Å². The highest BCUT2D eigenvalue weighted by Crippen LogP contribution is 2.25. The molecule has 0 aliphatic heterocycles. The third kappa shape index (κ3) is 3.28. The Bertz CT molecular complexity index is 1330. The van der Waals surface area contributed by atoms with E-state index in [1.54, 1.807) is 12.4 Å². The number of rotatable bonds is 4. The molecule has 140 valence electrons. The number of pyridine rings is 1. The summed E-state index contributed by atoms with van der Waals surface area (Å²) >= 11 is 1.32. The first kappa shape index (κ1) is 17.3. The monoisotopic (exact) mass is 397 g/mol. The highest BCUT2D eigenvalue weighted by Gasteiger charge is 2.13. The molecule has 0 radical (unpaired) electrons. The van der Waals surface area contributed by atoms with Crippen molar-refractivity contribution in [2.45, 2.75) is 0 Å². The summed E-state index contributed by atoms with van der Waals surface area (Å²) in [5.41, 5.74) is 2.58. The zero-order valence-corrected chi connectivity index (χ0v) is 16.0. The smallest absolute Gasteiger partial charge is 0.292 e. The van der Waals surface area contributed by atoms with Crippen molar-refractivity contribution in [3.05, 3.63) is 100 Å². The lowest BCUT2D eigenvalue weighted by molar-refractivity contribution is 0.936. The maximum atomic E-state index is 13.0. The van der Waals surface area contributed by atoms with Crippen molar-refractivity contribution in [3.63, 3.8) is 0 Å². The SMILES string of the molecule is O=c1/c(=C/N(c2ccccc2)c2ccccc2)sc2nc(-c3ccncc3)nn12. The molecule has 0 saturated carbocycles. The number of fused-ring (bicyclic) bond motifs is 1. The van der Waals surface area contributed by atoms with Gasteiger partial charge >= 0.3 is 0 Å². The Labute approximate surface area is 170 Å². The van der Waals surface area contributed by atoms with Gasteiger partial charge in [0.2, 0.25) is 4.96 Å². The van der Waals surface area contributed by atoms with Crippen LogP contribution in [0, 0.1) is 0 Å². The van der Waals surface area contributed by atoms with Crippen LogP contribution in [-0.4, -0.2) is 19.6 Å². The van der Waals surface area contributed by atoms with Crippen LogP contribution in [0.4, 0.5) is 11.4 Å². The number of thiazole rings is 1. The summed E-state index contributed by atoms with van der Waals surface area (Å²) in [7, 11) is 0. The fraction of sp³-hybridized carbons (Fsp3) is 0. The fourth-order valence-corrected chi connectivity index (χ4v) is 3.91. The molecule has 0 unspecified atom stereocenters. The van der Waals surface area contributed by atoms with E-state index < -0.39 is 0 Å². The van der Waals surface area contributed by atoms with Crippen LogP contribution in [0.3, 0.4) is 0 Å². The highest BCUT2D eigenvalue weighted by atomic mass is 32.1. The largest absolute Gasteiger partial charge is 0.316 e. The summed E-state index contributed by atoms with van der Waals surface area (Å²) in [4.78, 5) is 24.1. The Morgan fingerprint density at radius 1 is 0.862 bits per heavy atom. The average Bonchev–Trinajstić information content (AvgIpc) is 3.33. The molecule has 6 nitrogen and oxygen atoms in total. The van der Waals surface area contributed by atoms with Crippen LogP contribution in [0.1, 0.15) is 0 Å². The van der Waals surface area contributed by atoms with Gasteiger partial charge in [0, 0.05) is 35.5 Å². The molecule has 0 amide bonds. The maximum absolute atomic E-state index is 13.0. The molecule has 0 atom stereocenters. The van der Waals surface area contributed by atoms with Crippen LogP contribution in [0.25, 0.3) is 22.5 Å². The topological polar surface area (TPSA) is 63.4 Å². The molecule has 0 aliphatic rings. The molecular formula is C22H15N5OS. The van der Waals surface area contributed by atoms with Crippen LogP contribution in [-0.2, 0) is 0 Å². The Balaban J connectivity index is 1.64. The Hall–Kier alpha value is -3.84. The lowest BCUT2D eigenvalue weighted by Gasteiger charge is -2.20. The Morgan fingerprint density at radius 3 is 2.07 bits per heavy atom. The van der Waals surface area contributed by atoms with Gasteiger partial charge in [0.25, 0.3) is 5.56 Å². The van der Waals surface area contributed by atoms with Crippen molar-refractivity contribution in [2.24, 2.45) is 0 Å². The van der Waals surface area contributed by atoms with Crippen molar-refractivity contribution < 1.29 is 0 Å². The van der Waals surface area contributed by atoms with Crippen LogP contribution < -0.4 is 15.0 Å². The first-order valence-electron chi connectivity index (χ1n) is 9.01. The summed E-state index contributed by atoms with van der Waals surface area (Å²) in [6, 6.07) is 23.5. The molecule has 2 aromatic carbocycles. The zero-order valence-electron chi connectivity index (χ0n) is 15.2. The maximum Gasteiger partial charge on any atom is 0.292 e. The second kappa shape index (κ2) is 7.29. The number of para-hydroxylation sites is 2. The first-order chi connectivity index (χ1) is 14.3. The number of hydrogen-bond donors (Lipinski definition) is 0. The minimum Gasteiger partial charge on any atom is -0.316 e. The van der Waals surface area contributed by atoms with Gasteiger partial charge in [-0.15, -0.1) is 5.10 Å². The minimum absolute atomic E-state index is 0.185. The van der Waals surface area contributed by atoms with E-state index in [1.165, 1.54) is 15.9 Å². The van der Waals surface area contributed by atoms with E-state index in [4.69, 9.17) is 0 Å². The van der Waals surface area contributed by atoms with E-state index >= 15 is 0 Å². The number of benzene rings is 2. The van der Waals surface area contributed by atoms with Crippen molar-refractivity contribution >= 4 is 33.9 Å². The molecule has 0 saturated heterocycles. The molecule has 0 spiro atoms. The normalized spacial score (nSPS) is 11.8. The first-order valence-corrected chi connectivity index (χ1v) is 9.82. The Kier molecular flexibility index (Phi) is 4.34. The summed E-state index contributed by atoms with van der Waals surface area (Å²) in [5, 5.41) is 4.39. The van der Waals surface area contributed by atoms with E-state index in [0.29, 0.717) is 15.3 Å².